The number of carbonyl (C=O) groups is 1. The second-order valence-corrected chi connectivity index (χ2v) is 6.03. The summed E-state index contributed by atoms with van der Waals surface area (Å²) in [6.07, 6.45) is 2.18. The molecule has 2 rings (SSSR count). The van der Waals surface area contributed by atoms with E-state index in [0.717, 1.165) is 39.1 Å². The van der Waals surface area contributed by atoms with Gasteiger partial charge in [0.15, 0.2) is 0 Å². The lowest BCUT2D eigenvalue weighted by molar-refractivity contribution is 0.0920. The molecule has 6 heteroatoms. The zero-order chi connectivity index (χ0) is 17.4. The van der Waals surface area contributed by atoms with Gasteiger partial charge in [0.05, 0.1) is 20.8 Å². The summed E-state index contributed by atoms with van der Waals surface area (Å²) < 4.78 is 15.7. The van der Waals surface area contributed by atoms with Crippen molar-refractivity contribution in [2.45, 2.75) is 12.8 Å². The van der Waals surface area contributed by atoms with Gasteiger partial charge in [-0.2, -0.15) is 0 Å². The molecule has 24 heavy (non-hydrogen) atoms. The molecule has 0 radical (unpaired) electrons. The molecule has 0 spiro atoms. The minimum atomic E-state index is -0.147. The van der Waals surface area contributed by atoms with Crippen LogP contribution in [-0.4, -0.2) is 64.9 Å². The first-order valence-electron chi connectivity index (χ1n) is 8.40. The molecule has 6 nitrogen and oxygen atoms in total. The number of benzene rings is 1. The number of amides is 1. The van der Waals surface area contributed by atoms with Crippen LogP contribution in [0.2, 0.25) is 0 Å². The van der Waals surface area contributed by atoms with Gasteiger partial charge in [-0.25, -0.2) is 0 Å². The summed E-state index contributed by atoms with van der Waals surface area (Å²) in [6.45, 7) is 4.55. The van der Waals surface area contributed by atoms with Gasteiger partial charge in [0.2, 0.25) is 0 Å². The van der Waals surface area contributed by atoms with Crippen LogP contribution in [0.3, 0.4) is 0 Å². The molecule has 1 N–H and O–H groups in total. The Bertz CT molecular complexity index is 506. The first kappa shape index (κ1) is 18.5. The second kappa shape index (κ2) is 9.49. The standard InChI is InChI=1S/C18H28N2O4/c1-22-12-11-20-9-7-14(8-10-20)13-19-18(21)17-15(23-2)5-4-6-16(17)24-3/h4-6,14H,7-13H2,1-3H3,(H,19,21). The molecule has 0 aliphatic carbocycles. The fourth-order valence-electron chi connectivity index (χ4n) is 3.03. The maximum Gasteiger partial charge on any atom is 0.258 e. The lowest BCUT2D eigenvalue weighted by Gasteiger charge is -2.31. The van der Waals surface area contributed by atoms with Gasteiger partial charge in [0.1, 0.15) is 17.1 Å². The highest BCUT2D eigenvalue weighted by atomic mass is 16.5. The smallest absolute Gasteiger partial charge is 0.258 e. The lowest BCUT2D eigenvalue weighted by atomic mass is 9.96. The first-order valence-corrected chi connectivity index (χ1v) is 8.40. The minimum absolute atomic E-state index is 0.147. The van der Waals surface area contributed by atoms with E-state index < -0.39 is 0 Å². The van der Waals surface area contributed by atoms with Gasteiger partial charge < -0.3 is 24.4 Å². The van der Waals surface area contributed by atoms with Crippen molar-refractivity contribution in [1.29, 1.82) is 0 Å². The molecule has 134 valence electrons. The number of hydrogen-bond acceptors (Lipinski definition) is 5. The third kappa shape index (κ3) is 4.85. The predicted molar refractivity (Wildman–Crippen MR) is 92.9 cm³/mol. The van der Waals surface area contributed by atoms with E-state index in [2.05, 4.69) is 10.2 Å². The summed E-state index contributed by atoms with van der Waals surface area (Å²) in [7, 11) is 4.84. The highest BCUT2D eigenvalue weighted by Gasteiger charge is 2.22. The molecular weight excluding hydrogens is 308 g/mol. The Labute approximate surface area is 144 Å². The molecule has 1 aliphatic heterocycles. The van der Waals surface area contributed by atoms with Crippen LogP contribution >= 0.6 is 0 Å². The summed E-state index contributed by atoms with van der Waals surface area (Å²) in [5, 5.41) is 3.03. The normalized spacial score (nSPS) is 16.0. The third-order valence-electron chi connectivity index (χ3n) is 4.52. The van der Waals surface area contributed by atoms with Gasteiger partial charge in [-0.1, -0.05) is 6.07 Å². The summed E-state index contributed by atoms with van der Waals surface area (Å²) in [5.74, 6) is 1.42. The number of nitrogens with one attached hydrogen (secondary N) is 1. The highest BCUT2D eigenvalue weighted by molar-refractivity contribution is 5.99. The van der Waals surface area contributed by atoms with Gasteiger partial charge in [0, 0.05) is 20.2 Å². The average Bonchev–Trinajstić information content (AvgIpc) is 2.64. The van der Waals surface area contributed by atoms with E-state index in [0.29, 0.717) is 29.5 Å². The number of piperidine rings is 1. The number of ether oxygens (including phenoxy) is 3. The average molecular weight is 336 g/mol. The van der Waals surface area contributed by atoms with Crippen molar-refractivity contribution in [3.8, 4) is 11.5 Å². The van der Waals surface area contributed by atoms with Crippen molar-refractivity contribution in [2.75, 3.05) is 54.1 Å². The van der Waals surface area contributed by atoms with Gasteiger partial charge in [0.25, 0.3) is 5.91 Å². The van der Waals surface area contributed by atoms with Gasteiger partial charge in [-0.15, -0.1) is 0 Å². The molecule has 0 atom stereocenters. The zero-order valence-electron chi connectivity index (χ0n) is 14.8. The largest absolute Gasteiger partial charge is 0.496 e. The molecule has 0 bridgehead atoms. The Balaban J connectivity index is 1.86. The van der Waals surface area contributed by atoms with Crippen molar-refractivity contribution in [2.24, 2.45) is 5.92 Å². The summed E-state index contributed by atoms with van der Waals surface area (Å²) in [4.78, 5) is 15.0. The Morgan fingerprint density at radius 1 is 1.17 bits per heavy atom. The molecule has 1 fully saturated rings. The van der Waals surface area contributed by atoms with Crippen LogP contribution in [0.5, 0.6) is 11.5 Å². The topological polar surface area (TPSA) is 60.0 Å². The monoisotopic (exact) mass is 336 g/mol. The third-order valence-corrected chi connectivity index (χ3v) is 4.52. The molecule has 1 amide bonds. The lowest BCUT2D eigenvalue weighted by Crippen LogP contribution is -2.39. The van der Waals surface area contributed by atoms with Gasteiger partial charge in [-0.3, -0.25) is 4.79 Å². The van der Waals surface area contributed by atoms with Gasteiger partial charge in [-0.05, 0) is 44.0 Å². The van der Waals surface area contributed by atoms with Crippen LogP contribution in [0.1, 0.15) is 23.2 Å². The molecular formula is C18H28N2O4. The minimum Gasteiger partial charge on any atom is -0.496 e. The summed E-state index contributed by atoms with van der Waals surface area (Å²) in [6, 6.07) is 5.35. The van der Waals surface area contributed by atoms with Crippen molar-refractivity contribution < 1.29 is 19.0 Å². The number of rotatable bonds is 8. The van der Waals surface area contributed by atoms with E-state index in [1.54, 1.807) is 33.5 Å². The van der Waals surface area contributed by atoms with Crippen LogP contribution < -0.4 is 14.8 Å². The molecule has 1 aromatic rings. The van der Waals surface area contributed by atoms with E-state index in [1.165, 1.54) is 0 Å². The van der Waals surface area contributed by atoms with E-state index >= 15 is 0 Å². The van der Waals surface area contributed by atoms with Crippen molar-refractivity contribution in [3.05, 3.63) is 23.8 Å². The first-order chi connectivity index (χ1) is 11.7. The quantitative estimate of drug-likeness (QED) is 0.784. The predicted octanol–water partition coefficient (Wildman–Crippen LogP) is 1.79. The molecule has 1 aliphatic rings. The fourth-order valence-corrected chi connectivity index (χ4v) is 3.03. The van der Waals surface area contributed by atoms with Crippen LogP contribution in [0.25, 0.3) is 0 Å². The highest BCUT2D eigenvalue weighted by Crippen LogP contribution is 2.28. The van der Waals surface area contributed by atoms with E-state index in [-0.39, 0.29) is 5.91 Å². The number of carbonyl (C=O) groups excluding carboxylic acids is 1. The van der Waals surface area contributed by atoms with Gasteiger partial charge >= 0.3 is 0 Å². The zero-order valence-corrected chi connectivity index (χ0v) is 14.8. The number of methoxy groups -OCH3 is 3. The summed E-state index contributed by atoms with van der Waals surface area (Å²) in [5.41, 5.74) is 0.458. The molecule has 0 aromatic heterocycles. The van der Waals surface area contributed by atoms with Crippen molar-refractivity contribution in [1.82, 2.24) is 10.2 Å². The second-order valence-electron chi connectivity index (χ2n) is 6.03. The van der Waals surface area contributed by atoms with Crippen LogP contribution in [0, 0.1) is 5.92 Å². The maximum absolute atomic E-state index is 12.6. The molecule has 1 heterocycles. The van der Waals surface area contributed by atoms with Crippen molar-refractivity contribution in [3.63, 3.8) is 0 Å². The molecule has 1 saturated heterocycles. The Morgan fingerprint density at radius 3 is 2.33 bits per heavy atom. The maximum atomic E-state index is 12.6. The molecule has 0 saturated carbocycles. The van der Waals surface area contributed by atoms with E-state index in [4.69, 9.17) is 14.2 Å². The molecule has 0 unspecified atom stereocenters. The fraction of sp³-hybridized carbons (Fsp3) is 0.611. The number of likely N-dealkylation sites (tertiary alicyclic amines) is 1. The molecule has 1 aromatic carbocycles. The SMILES string of the molecule is COCCN1CCC(CNC(=O)c2c(OC)cccc2OC)CC1. The summed E-state index contributed by atoms with van der Waals surface area (Å²) >= 11 is 0. The van der Waals surface area contributed by atoms with Crippen molar-refractivity contribution >= 4 is 5.91 Å². The van der Waals surface area contributed by atoms with Crippen LogP contribution in [0.4, 0.5) is 0 Å². The van der Waals surface area contributed by atoms with E-state index in [1.807, 2.05) is 6.07 Å². The Kier molecular flexibility index (Phi) is 7.34. The van der Waals surface area contributed by atoms with Crippen LogP contribution in [0.15, 0.2) is 18.2 Å². The number of hydrogen-bond donors (Lipinski definition) is 1. The number of nitrogens with zero attached hydrogens (tertiary/aromatic N) is 1. The van der Waals surface area contributed by atoms with E-state index in [9.17, 15) is 4.79 Å². The Hall–Kier alpha value is -1.79. The van der Waals surface area contributed by atoms with Crippen LogP contribution in [-0.2, 0) is 4.74 Å². The Morgan fingerprint density at radius 2 is 1.79 bits per heavy atom.